The summed E-state index contributed by atoms with van der Waals surface area (Å²) in [5.74, 6) is -1.24. The van der Waals surface area contributed by atoms with Crippen LogP contribution in [-0.2, 0) is 11.4 Å². The fraction of sp³-hybridized carbons (Fsp3) is 0.250. The Labute approximate surface area is 190 Å². The van der Waals surface area contributed by atoms with Gasteiger partial charge in [-0.1, -0.05) is 80.4 Å². The zero-order valence-corrected chi connectivity index (χ0v) is 18.9. The van der Waals surface area contributed by atoms with E-state index in [1.54, 1.807) is 45.0 Å². The van der Waals surface area contributed by atoms with Crippen LogP contribution in [0.15, 0.2) is 54.6 Å². The van der Waals surface area contributed by atoms with Crippen molar-refractivity contribution in [2.75, 3.05) is 0 Å². The standard InChI is InChI=1S/C24H23Cl2NO4/c1-24(2,3)21(23(29)30)27-22(28)17-10-9-15-6-4-5-7-16(15)20(17)31-13-14-8-11-18(25)19(26)12-14/h4-12,21H,13H2,1-3H3,(H,27,28)(H,29,30). The Balaban J connectivity index is 1.98. The van der Waals surface area contributed by atoms with Crippen molar-refractivity contribution >= 4 is 45.9 Å². The van der Waals surface area contributed by atoms with E-state index >= 15 is 0 Å². The van der Waals surface area contributed by atoms with Crippen LogP contribution in [0.4, 0.5) is 0 Å². The number of fused-ring (bicyclic) bond motifs is 1. The monoisotopic (exact) mass is 459 g/mol. The summed E-state index contributed by atoms with van der Waals surface area (Å²) in [6.45, 7) is 5.43. The van der Waals surface area contributed by atoms with E-state index in [2.05, 4.69) is 5.32 Å². The van der Waals surface area contributed by atoms with Crippen molar-refractivity contribution in [3.8, 4) is 5.75 Å². The van der Waals surface area contributed by atoms with Crippen LogP contribution in [0.25, 0.3) is 10.8 Å². The summed E-state index contributed by atoms with van der Waals surface area (Å²) in [5.41, 5.74) is 0.375. The predicted octanol–water partition coefficient (Wildman–Crippen LogP) is 5.95. The van der Waals surface area contributed by atoms with Gasteiger partial charge >= 0.3 is 5.97 Å². The summed E-state index contributed by atoms with van der Waals surface area (Å²) in [6.07, 6.45) is 0. The zero-order valence-electron chi connectivity index (χ0n) is 17.4. The Morgan fingerprint density at radius 2 is 1.74 bits per heavy atom. The molecule has 0 radical (unpaired) electrons. The summed E-state index contributed by atoms with van der Waals surface area (Å²) in [4.78, 5) is 24.8. The Morgan fingerprint density at radius 3 is 2.39 bits per heavy atom. The van der Waals surface area contributed by atoms with Crippen LogP contribution in [0.1, 0.15) is 36.7 Å². The molecule has 0 fully saturated rings. The first-order valence-corrected chi connectivity index (χ1v) is 10.5. The van der Waals surface area contributed by atoms with E-state index in [0.29, 0.717) is 15.8 Å². The van der Waals surface area contributed by atoms with E-state index in [1.807, 2.05) is 30.3 Å². The average Bonchev–Trinajstić information content (AvgIpc) is 2.71. The molecule has 0 spiro atoms. The molecule has 0 aliphatic heterocycles. The topological polar surface area (TPSA) is 75.6 Å². The maximum Gasteiger partial charge on any atom is 0.326 e. The number of benzene rings is 3. The molecule has 0 aliphatic carbocycles. The number of carbonyl (C=O) groups excluding carboxylic acids is 1. The van der Waals surface area contributed by atoms with Crippen molar-refractivity contribution in [2.45, 2.75) is 33.4 Å². The fourth-order valence-corrected chi connectivity index (χ4v) is 3.54. The first-order valence-electron chi connectivity index (χ1n) is 9.70. The third-order valence-electron chi connectivity index (χ3n) is 4.88. The van der Waals surface area contributed by atoms with Crippen molar-refractivity contribution in [1.29, 1.82) is 0 Å². The first kappa shape index (κ1) is 22.9. The Bertz CT molecular complexity index is 1140. The SMILES string of the molecule is CC(C)(C)C(NC(=O)c1ccc2ccccc2c1OCc1ccc(Cl)c(Cl)c1)C(=O)O. The van der Waals surface area contributed by atoms with Crippen molar-refractivity contribution < 1.29 is 19.4 Å². The summed E-state index contributed by atoms with van der Waals surface area (Å²) in [5, 5.41) is 14.7. The molecule has 0 saturated heterocycles. The first-order chi connectivity index (χ1) is 14.6. The Morgan fingerprint density at radius 1 is 1.03 bits per heavy atom. The lowest BCUT2D eigenvalue weighted by Gasteiger charge is -2.28. The number of carbonyl (C=O) groups is 2. The average molecular weight is 460 g/mol. The van der Waals surface area contributed by atoms with Crippen molar-refractivity contribution in [3.63, 3.8) is 0 Å². The van der Waals surface area contributed by atoms with E-state index in [9.17, 15) is 14.7 Å². The fourth-order valence-electron chi connectivity index (χ4n) is 3.22. The van der Waals surface area contributed by atoms with E-state index in [4.69, 9.17) is 27.9 Å². The molecule has 0 bridgehead atoms. The molecule has 0 aromatic heterocycles. The third kappa shape index (κ3) is 5.30. The molecule has 1 amide bonds. The molecule has 7 heteroatoms. The Kier molecular flexibility index (Phi) is 6.77. The number of carboxylic acids is 1. The van der Waals surface area contributed by atoms with E-state index in [1.165, 1.54) is 0 Å². The summed E-state index contributed by atoms with van der Waals surface area (Å²) < 4.78 is 6.07. The number of amides is 1. The van der Waals surface area contributed by atoms with Crippen LogP contribution in [-0.4, -0.2) is 23.0 Å². The third-order valence-corrected chi connectivity index (χ3v) is 5.62. The molecule has 31 heavy (non-hydrogen) atoms. The number of hydrogen-bond acceptors (Lipinski definition) is 3. The van der Waals surface area contributed by atoms with E-state index in [-0.39, 0.29) is 12.2 Å². The lowest BCUT2D eigenvalue weighted by Crippen LogP contribution is -2.49. The molecule has 1 atom stereocenters. The van der Waals surface area contributed by atoms with Gasteiger partial charge in [-0.05, 0) is 34.6 Å². The highest BCUT2D eigenvalue weighted by molar-refractivity contribution is 6.42. The van der Waals surface area contributed by atoms with Gasteiger partial charge in [-0.2, -0.15) is 0 Å². The number of ether oxygens (including phenoxy) is 1. The largest absolute Gasteiger partial charge is 0.487 e. The minimum absolute atomic E-state index is 0.160. The highest BCUT2D eigenvalue weighted by Crippen LogP contribution is 2.32. The number of halogens is 2. The number of carboxylic acid groups (broad SMARTS) is 1. The van der Waals surface area contributed by atoms with Gasteiger partial charge in [-0.3, -0.25) is 4.79 Å². The van der Waals surface area contributed by atoms with Crippen LogP contribution in [0.5, 0.6) is 5.75 Å². The molecule has 3 aromatic rings. The zero-order chi connectivity index (χ0) is 22.8. The second-order valence-corrected chi connectivity index (χ2v) is 9.13. The number of aliphatic carboxylic acids is 1. The maximum atomic E-state index is 13.1. The minimum atomic E-state index is -1.10. The molecule has 2 N–H and O–H groups in total. The van der Waals surface area contributed by atoms with Gasteiger partial charge in [0.1, 0.15) is 18.4 Å². The second-order valence-electron chi connectivity index (χ2n) is 8.31. The van der Waals surface area contributed by atoms with Gasteiger partial charge in [-0.25, -0.2) is 4.79 Å². The molecule has 0 heterocycles. The smallest absolute Gasteiger partial charge is 0.326 e. The molecular formula is C24H23Cl2NO4. The lowest BCUT2D eigenvalue weighted by molar-refractivity contribution is -0.142. The summed E-state index contributed by atoms with van der Waals surface area (Å²) in [6, 6.07) is 15.1. The van der Waals surface area contributed by atoms with Crippen molar-refractivity contribution in [2.24, 2.45) is 5.41 Å². The quantitative estimate of drug-likeness (QED) is 0.476. The maximum absolute atomic E-state index is 13.1. The van der Waals surface area contributed by atoms with Gasteiger partial charge in [-0.15, -0.1) is 0 Å². The van der Waals surface area contributed by atoms with Gasteiger partial charge in [0, 0.05) is 5.39 Å². The van der Waals surface area contributed by atoms with E-state index < -0.39 is 23.3 Å². The minimum Gasteiger partial charge on any atom is -0.487 e. The van der Waals surface area contributed by atoms with Gasteiger partial charge in [0.15, 0.2) is 0 Å². The van der Waals surface area contributed by atoms with Crippen molar-refractivity contribution in [3.05, 3.63) is 75.8 Å². The lowest BCUT2D eigenvalue weighted by atomic mass is 9.86. The molecule has 0 aliphatic rings. The summed E-state index contributed by atoms with van der Waals surface area (Å²) >= 11 is 12.1. The Hall–Kier alpha value is -2.76. The molecule has 3 rings (SSSR count). The second kappa shape index (κ2) is 9.16. The van der Waals surface area contributed by atoms with Crippen LogP contribution >= 0.6 is 23.2 Å². The van der Waals surface area contributed by atoms with E-state index in [0.717, 1.165) is 16.3 Å². The molecular weight excluding hydrogens is 437 g/mol. The van der Waals surface area contributed by atoms with Crippen LogP contribution < -0.4 is 10.1 Å². The number of rotatable bonds is 6. The van der Waals surface area contributed by atoms with Crippen LogP contribution in [0.2, 0.25) is 10.0 Å². The molecule has 3 aromatic carbocycles. The highest BCUT2D eigenvalue weighted by Gasteiger charge is 2.33. The van der Waals surface area contributed by atoms with Crippen LogP contribution in [0.3, 0.4) is 0 Å². The van der Waals surface area contributed by atoms with Gasteiger partial charge in [0.05, 0.1) is 15.6 Å². The van der Waals surface area contributed by atoms with Crippen LogP contribution in [0, 0.1) is 5.41 Å². The van der Waals surface area contributed by atoms with Gasteiger partial charge in [0.2, 0.25) is 0 Å². The normalized spacial score (nSPS) is 12.4. The number of hydrogen-bond donors (Lipinski definition) is 2. The molecule has 5 nitrogen and oxygen atoms in total. The highest BCUT2D eigenvalue weighted by atomic mass is 35.5. The molecule has 162 valence electrons. The van der Waals surface area contributed by atoms with Crippen molar-refractivity contribution in [1.82, 2.24) is 5.32 Å². The van der Waals surface area contributed by atoms with Gasteiger partial charge < -0.3 is 15.2 Å². The van der Waals surface area contributed by atoms with Gasteiger partial charge in [0.25, 0.3) is 5.91 Å². The molecule has 1 unspecified atom stereocenters. The number of nitrogens with one attached hydrogen (secondary N) is 1. The predicted molar refractivity (Wildman–Crippen MR) is 123 cm³/mol. The molecule has 0 saturated carbocycles. The summed E-state index contributed by atoms with van der Waals surface area (Å²) in [7, 11) is 0.